The molecule has 17 heavy (non-hydrogen) atoms. The Morgan fingerprint density at radius 2 is 2.06 bits per heavy atom. The second-order valence-electron chi connectivity index (χ2n) is 3.60. The van der Waals surface area contributed by atoms with Crippen molar-refractivity contribution in [3.8, 4) is 0 Å². The summed E-state index contributed by atoms with van der Waals surface area (Å²) in [7, 11) is 0. The quantitative estimate of drug-likeness (QED) is 0.805. The molecule has 1 aromatic rings. The van der Waals surface area contributed by atoms with Gasteiger partial charge in [-0.25, -0.2) is 0 Å². The van der Waals surface area contributed by atoms with Crippen molar-refractivity contribution in [1.82, 2.24) is 0 Å². The summed E-state index contributed by atoms with van der Waals surface area (Å²) in [6.07, 6.45) is -3.62. The van der Waals surface area contributed by atoms with Crippen LogP contribution in [0.1, 0.15) is 25.3 Å². The highest BCUT2D eigenvalue weighted by atomic mass is 19.4. The molecule has 94 valence electrons. The molecule has 1 amide bonds. The van der Waals surface area contributed by atoms with Gasteiger partial charge in [-0.05, 0) is 24.6 Å². The lowest BCUT2D eigenvalue weighted by atomic mass is 10.1. The maximum atomic E-state index is 12.5. The third kappa shape index (κ3) is 3.65. The van der Waals surface area contributed by atoms with Crippen LogP contribution in [0.3, 0.4) is 0 Å². The van der Waals surface area contributed by atoms with Crippen molar-refractivity contribution in [1.29, 1.82) is 0 Å². The Bertz CT molecular complexity index is 416. The fraction of sp³-hybridized carbons (Fsp3) is 0.364. The van der Waals surface area contributed by atoms with Crippen molar-refractivity contribution in [2.24, 2.45) is 0 Å². The summed E-state index contributed by atoms with van der Waals surface area (Å²) in [6.45, 7) is 1.81. The monoisotopic (exact) mass is 246 g/mol. The first kappa shape index (κ1) is 13.3. The summed E-state index contributed by atoms with van der Waals surface area (Å²) in [5.74, 6) is -0.314. The summed E-state index contributed by atoms with van der Waals surface area (Å²) in [4.78, 5) is 11.2. The third-order valence-corrected chi connectivity index (χ3v) is 2.12. The molecule has 1 aromatic carbocycles. The number of rotatable bonds is 3. The molecule has 0 fully saturated rings. The van der Waals surface area contributed by atoms with Gasteiger partial charge in [0.25, 0.3) is 0 Å². The van der Waals surface area contributed by atoms with Crippen LogP contribution in [0, 0.1) is 0 Å². The maximum absolute atomic E-state index is 12.5. The lowest BCUT2D eigenvalue weighted by Crippen LogP contribution is -2.13. The molecule has 0 saturated carbocycles. The van der Waals surface area contributed by atoms with Gasteiger partial charge in [0.2, 0.25) is 5.91 Å². The number of hydrogen-bond acceptors (Lipinski definition) is 2. The van der Waals surface area contributed by atoms with E-state index in [0.29, 0.717) is 6.42 Å². The van der Waals surface area contributed by atoms with Crippen molar-refractivity contribution in [2.45, 2.75) is 25.9 Å². The fourth-order valence-corrected chi connectivity index (χ4v) is 1.33. The number of benzene rings is 1. The summed E-state index contributed by atoms with van der Waals surface area (Å²) >= 11 is 0. The van der Waals surface area contributed by atoms with E-state index in [2.05, 4.69) is 5.32 Å². The molecule has 0 aliphatic rings. The molecule has 0 heterocycles. The highest BCUT2D eigenvalue weighted by Crippen LogP contribution is 2.35. The van der Waals surface area contributed by atoms with Crippen molar-refractivity contribution in [3.63, 3.8) is 0 Å². The molecule has 1 rings (SSSR count). The van der Waals surface area contributed by atoms with Crippen LogP contribution in [0.2, 0.25) is 0 Å². The topological polar surface area (TPSA) is 55.1 Å². The number of hydrogen-bond donors (Lipinski definition) is 2. The molecule has 0 aliphatic carbocycles. The number of halogens is 3. The standard InChI is InChI=1S/C11H13F3N2O/c1-2-3-10(17)16-7-4-5-9(15)8(6-7)11(12,13)14/h4-6H,2-3,15H2,1H3,(H,16,17). The first-order valence-corrected chi connectivity index (χ1v) is 5.11. The van der Waals surface area contributed by atoms with Crippen LogP contribution in [0.4, 0.5) is 24.5 Å². The smallest absolute Gasteiger partial charge is 0.398 e. The van der Waals surface area contributed by atoms with E-state index in [1.807, 2.05) is 6.92 Å². The van der Waals surface area contributed by atoms with Gasteiger partial charge in [0.05, 0.1) is 5.56 Å². The van der Waals surface area contributed by atoms with Gasteiger partial charge in [0, 0.05) is 17.8 Å². The van der Waals surface area contributed by atoms with E-state index in [9.17, 15) is 18.0 Å². The fourth-order valence-electron chi connectivity index (χ4n) is 1.33. The minimum atomic E-state index is -4.52. The summed E-state index contributed by atoms with van der Waals surface area (Å²) < 4.78 is 37.6. The third-order valence-electron chi connectivity index (χ3n) is 2.12. The molecule has 3 N–H and O–H groups in total. The minimum Gasteiger partial charge on any atom is -0.398 e. The number of nitrogens with one attached hydrogen (secondary N) is 1. The van der Waals surface area contributed by atoms with E-state index in [-0.39, 0.29) is 23.7 Å². The lowest BCUT2D eigenvalue weighted by molar-refractivity contribution is -0.136. The number of amides is 1. The zero-order valence-corrected chi connectivity index (χ0v) is 9.27. The molecule has 0 aromatic heterocycles. The van der Waals surface area contributed by atoms with E-state index < -0.39 is 11.7 Å². The Kier molecular flexibility index (Phi) is 3.98. The highest BCUT2D eigenvalue weighted by Gasteiger charge is 2.33. The molecule has 0 saturated heterocycles. The average molecular weight is 246 g/mol. The number of alkyl halides is 3. The van der Waals surface area contributed by atoms with Gasteiger partial charge in [-0.15, -0.1) is 0 Å². The molecular formula is C11H13F3N2O. The van der Waals surface area contributed by atoms with Crippen molar-refractivity contribution in [3.05, 3.63) is 23.8 Å². The molecule has 0 radical (unpaired) electrons. The molecule has 6 heteroatoms. The van der Waals surface area contributed by atoms with Crippen LogP contribution in [-0.4, -0.2) is 5.91 Å². The first-order chi connectivity index (χ1) is 7.84. The van der Waals surface area contributed by atoms with E-state index in [4.69, 9.17) is 5.73 Å². The van der Waals surface area contributed by atoms with E-state index >= 15 is 0 Å². The molecule has 0 atom stereocenters. The Balaban J connectivity index is 2.93. The maximum Gasteiger partial charge on any atom is 0.418 e. The minimum absolute atomic E-state index is 0.102. The largest absolute Gasteiger partial charge is 0.418 e. The Labute approximate surface area is 96.8 Å². The van der Waals surface area contributed by atoms with Crippen molar-refractivity contribution >= 4 is 17.3 Å². The van der Waals surface area contributed by atoms with Crippen LogP contribution in [0.15, 0.2) is 18.2 Å². The van der Waals surface area contributed by atoms with Gasteiger partial charge >= 0.3 is 6.18 Å². The molecular weight excluding hydrogens is 233 g/mol. The number of anilines is 2. The second-order valence-corrected chi connectivity index (χ2v) is 3.60. The van der Waals surface area contributed by atoms with Crippen LogP contribution in [0.25, 0.3) is 0 Å². The molecule has 0 unspecified atom stereocenters. The van der Waals surface area contributed by atoms with E-state index in [0.717, 1.165) is 12.1 Å². The van der Waals surface area contributed by atoms with E-state index in [1.165, 1.54) is 6.07 Å². The van der Waals surface area contributed by atoms with Crippen molar-refractivity contribution in [2.75, 3.05) is 11.1 Å². The SMILES string of the molecule is CCCC(=O)Nc1ccc(N)c(C(F)(F)F)c1. The number of nitrogens with two attached hydrogens (primary N) is 1. The molecule has 3 nitrogen and oxygen atoms in total. The van der Waals surface area contributed by atoms with Gasteiger partial charge in [-0.1, -0.05) is 6.92 Å². The molecule has 0 bridgehead atoms. The van der Waals surface area contributed by atoms with Gasteiger partial charge in [-0.3, -0.25) is 4.79 Å². The van der Waals surface area contributed by atoms with Crippen LogP contribution >= 0.6 is 0 Å². The van der Waals surface area contributed by atoms with Gasteiger partial charge < -0.3 is 11.1 Å². The Hall–Kier alpha value is -1.72. The van der Waals surface area contributed by atoms with Crippen LogP contribution < -0.4 is 11.1 Å². The van der Waals surface area contributed by atoms with E-state index in [1.54, 1.807) is 0 Å². The predicted octanol–water partition coefficient (Wildman–Crippen LogP) is 3.03. The molecule has 0 spiro atoms. The van der Waals surface area contributed by atoms with Gasteiger partial charge in [0.15, 0.2) is 0 Å². The van der Waals surface area contributed by atoms with Gasteiger partial charge in [-0.2, -0.15) is 13.2 Å². The summed E-state index contributed by atoms with van der Waals surface area (Å²) in [5.41, 5.74) is 4.04. The summed E-state index contributed by atoms with van der Waals surface area (Å²) in [6, 6.07) is 3.31. The highest BCUT2D eigenvalue weighted by molar-refractivity contribution is 5.91. The average Bonchev–Trinajstić information content (AvgIpc) is 2.19. The molecule has 0 aliphatic heterocycles. The zero-order valence-electron chi connectivity index (χ0n) is 9.27. The van der Waals surface area contributed by atoms with Crippen molar-refractivity contribution < 1.29 is 18.0 Å². The number of nitrogen functional groups attached to an aromatic ring is 1. The second kappa shape index (κ2) is 5.07. The number of carbonyl (C=O) groups is 1. The Morgan fingerprint density at radius 1 is 1.41 bits per heavy atom. The first-order valence-electron chi connectivity index (χ1n) is 5.11. The summed E-state index contributed by atoms with van der Waals surface area (Å²) in [5, 5.41) is 2.39. The predicted molar refractivity (Wildman–Crippen MR) is 59.4 cm³/mol. The lowest BCUT2D eigenvalue weighted by Gasteiger charge is -2.12. The van der Waals surface area contributed by atoms with Crippen LogP contribution in [0.5, 0.6) is 0 Å². The van der Waals surface area contributed by atoms with Crippen LogP contribution in [-0.2, 0) is 11.0 Å². The van der Waals surface area contributed by atoms with Gasteiger partial charge in [0.1, 0.15) is 0 Å². The normalized spacial score (nSPS) is 11.3. The number of carbonyl (C=O) groups excluding carboxylic acids is 1. The Morgan fingerprint density at radius 3 is 2.59 bits per heavy atom. The zero-order chi connectivity index (χ0) is 13.1.